The van der Waals surface area contributed by atoms with Crippen LogP contribution >= 0.6 is 0 Å². The molecule has 0 saturated heterocycles. The van der Waals surface area contributed by atoms with Crippen LogP contribution in [0.2, 0.25) is 0 Å². The normalized spacial score (nSPS) is 19.8. The summed E-state index contributed by atoms with van der Waals surface area (Å²) in [5.41, 5.74) is -0.941. The maximum atomic E-state index is 11.5. The van der Waals surface area contributed by atoms with E-state index in [1.54, 1.807) is 13.8 Å². The zero-order valence-corrected chi connectivity index (χ0v) is 10.3. The predicted octanol–water partition coefficient (Wildman–Crippen LogP) is 1.51. The molecule has 3 N–H and O–H groups in total. The number of nitrogens with one attached hydrogen (secondary N) is 2. The molecule has 0 spiro atoms. The van der Waals surface area contributed by atoms with E-state index in [9.17, 15) is 9.59 Å². The molecular weight excluding hydrogens is 220 g/mol. The van der Waals surface area contributed by atoms with Gasteiger partial charge >= 0.3 is 12.0 Å². The summed E-state index contributed by atoms with van der Waals surface area (Å²) in [6, 6.07) is -0.132. The van der Waals surface area contributed by atoms with E-state index in [0.717, 1.165) is 19.3 Å². The molecule has 17 heavy (non-hydrogen) atoms. The molecule has 0 radical (unpaired) electrons. The summed E-state index contributed by atoms with van der Waals surface area (Å²) in [6.07, 6.45) is 6.91. The Balaban J connectivity index is 2.30. The van der Waals surface area contributed by atoms with Crippen molar-refractivity contribution in [2.24, 2.45) is 5.41 Å². The molecule has 96 valence electrons. The van der Waals surface area contributed by atoms with Gasteiger partial charge in [-0.05, 0) is 33.1 Å². The van der Waals surface area contributed by atoms with Gasteiger partial charge in [-0.1, -0.05) is 12.2 Å². The third-order valence-corrected chi connectivity index (χ3v) is 2.87. The maximum absolute atomic E-state index is 11.5. The third kappa shape index (κ3) is 4.46. The molecule has 0 aromatic carbocycles. The van der Waals surface area contributed by atoms with E-state index in [-0.39, 0.29) is 18.6 Å². The Morgan fingerprint density at radius 2 is 2.12 bits per heavy atom. The molecule has 0 bridgehead atoms. The smallest absolute Gasteiger partial charge is 0.315 e. The summed E-state index contributed by atoms with van der Waals surface area (Å²) < 4.78 is 0. The molecule has 0 saturated carbocycles. The first-order chi connectivity index (χ1) is 7.92. The lowest BCUT2D eigenvalue weighted by molar-refractivity contribution is -0.146. The molecule has 2 amide bonds. The number of hydrogen-bond acceptors (Lipinski definition) is 2. The van der Waals surface area contributed by atoms with Crippen molar-refractivity contribution in [3.05, 3.63) is 12.2 Å². The van der Waals surface area contributed by atoms with Gasteiger partial charge in [0.15, 0.2) is 0 Å². The first kappa shape index (κ1) is 13.5. The molecule has 5 heteroatoms. The molecular formula is C12H20N2O3. The van der Waals surface area contributed by atoms with Crippen LogP contribution in [0.4, 0.5) is 4.79 Å². The van der Waals surface area contributed by atoms with Gasteiger partial charge in [-0.15, -0.1) is 0 Å². The Hall–Kier alpha value is -1.52. The second-order valence-electron chi connectivity index (χ2n) is 5.00. The van der Waals surface area contributed by atoms with Crippen LogP contribution in [-0.4, -0.2) is 29.7 Å². The fourth-order valence-electron chi connectivity index (χ4n) is 1.54. The van der Waals surface area contributed by atoms with Gasteiger partial charge in [-0.2, -0.15) is 0 Å². The number of rotatable bonds is 4. The fourth-order valence-corrected chi connectivity index (χ4v) is 1.54. The quantitative estimate of drug-likeness (QED) is 0.652. The number of hydrogen-bond donors (Lipinski definition) is 3. The van der Waals surface area contributed by atoms with Crippen LogP contribution in [0.3, 0.4) is 0 Å². The minimum Gasteiger partial charge on any atom is -0.481 e. The maximum Gasteiger partial charge on any atom is 0.315 e. The summed E-state index contributed by atoms with van der Waals surface area (Å²) >= 11 is 0. The Bertz CT molecular complexity index is 324. The monoisotopic (exact) mass is 240 g/mol. The van der Waals surface area contributed by atoms with Gasteiger partial charge in [-0.25, -0.2) is 4.79 Å². The van der Waals surface area contributed by atoms with Crippen molar-refractivity contribution in [2.45, 2.75) is 39.2 Å². The lowest BCUT2D eigenvalue weighted by atomic mass is 9.94. The van der Waals surface area contributed by atoms with Crippen molar-refractivity contribution in [3.63, 3.8) is 0 Å². The number of urea groups is 1. The van der Waals surface area contributed by atoms with Crippen LogP contribution in [0.15, 0.2) is 12.2 Å². The molecule has 0 aromatic rings. The molecule has 0 aliphatic heterocycles. The number of aliphatic carboxylic acids is 1. The summed E-state index contributed by atoms with van der Waals surface area (Å²) in [5, 5.41) is 14.3. The van der Waals surface area contributed by atoms with E-state index in [1.165, 1.54) is 0 Å². The lowest BCUT2D eigenvalue weighted by Crippen LogP contribution is -2.46. The zero-order chi connectivity index (χ0) is 12.9. The second-order valence-corrected chi connectivity index (χ2v) is 5.00. The predicted molar refractivity (Wildman–Crippen MR) is 64.7 cm³/mol. The topological polar surface area (TPSA) is 78.4 Å². The van der Waals surface area contributed by atoms with E-state index in [2.05, 4.69) is 22.8 Å². The number of carbonyl (C=O) groups excluding carboxylic acids is 1. The van der Waals surface area contributed by atoms with Gasteiger partial charge in [0.25, 0.3) is 0 Å². The average Bonchev–Trinajstić information content (AvgIpc) is 2.28. The van der Waals surface area contributed by atoms with Gasteiger partial charge < -0.3 is 15.7 Å². The van der Waals surface area contributed by atoms with Crippen LogP contribution in [0.25, 0.3) is 0 Å². The molecule has 0 fully saturated rings. The molecule has 0 aromatic heterocycles. The number of allylic oxidation sites excluding steroid dienone is 1. The van der Waals surface area contributed by atoms with Crippen molar-refractivity contribution in [2.75, 3.05) is 6.54 Å². The van der Waals surface area contributed by atoms with Crippen molar-refractivity contribution in [3.8, 4) is 0 Å². The summed E-state index contributed by atoms with van der Waals surface area (Å²) in [6.45, 7) is 3.29. The van der Waals surface area contributed by atoms with Crippen LogP contribution in [0, 0.1) is 5.41 Å². The number of carboxylic acid groups (broad SMARTS) is 1. The molecule has 1 aliphatic carbocycles. The first-order valence-electron chi connectivity index (χ1n) is 5.84. The van der Waals surface area contributed by atoms with Gasteiger partial charge in [0.1, 0.15) is 0 Å². The first-order valence-corrected chi connectivity index (χ1v) is 5.84. The average molecular weight is 240 g/mol. The van der Waals surface area contributed by atoms with Gasteiger partial charge in [0.05, 0.1) is 5.41 Å². The highest BCUT2D eigenvalue weighted by Gasteiger charge is 2.27. The van der Waals surface area contributed by atoms with E-state index in [4.69, 9.17) is 5.11 Å². The Morgan fingerprint density at radius 1 is 1.41 bits per heavy atom. The summed E-state index contributed by atoms with van der Waals surface area (Å²) in [4.78, 5) is 22.4. The SMILES string of the molecule is CC(C)(CNC(=O)NC1CC=CCC1)C(=O)O. The van der Waals surface area contributed by atoms with Gasteiger partial charge in [0.2, 0.25) is 0 Å². The lowest BCUT2D eigenvalue weighted by Gasteiger charge is -2.23. The highest BCUT2D eigenvalue weighted by Crippen LogP contribution is 2.13. The minimum atomic E-state index is -0.941. The molecule has 1 atom stereocenters. The van der Waals surface area contributed by atoms with E-state index in [1.807, 2.05) is 0 Å². The highest BCUT2D eigenvalue weighted by atomic mass is 16.4. The van der Waals surface area contributed by atoms with Crippen LogP contribution in [0.1, 0.15) is 33.1 Å². The van der Waals surface area contributed by atoms with Crippen LogP contribution in [0.5, 0.6) is 0 Å². The fraction of sp³-hybridized carbons (Fsp3) is 0.667. The molecule has 1 rings (SSSR count). The molecule has 0 heterocycles. The number of carbonyl (C=O) groups is 2. The van der Waals surface area contributed by atoms with Gasteiger partial charge in [-0.3, -0.25) is 4.79 Å². The zero-order valence-electron chi connectivity index (χ0n) is 10.3. The third-order valence-electron chi connectivity index (χ3n) is 2.87. The highest BCUT2D eigenvalue weighted by molar-refractivity contribution is 5.77. The molecule has 1 unspecified atom stereocenters. The summed E-state index contributed by atoms with van der Waals surface area (Å²) in [5.74, 6) is -0.918. The largest absolute Gasteiger partial charge is 0.481 e. The van der Waals surface area contributed by atoms with E-state index >= 15 is 0 Å². The van der Waals surface area contributed by atoms with Crippen LogP contribution < -0.4 is 10.6 Å². The van der Waals surface area contributed by atoms with Crippen LogP contribution in [-0.2, 0) is 4.79 Å². The van der Waals surface area contributed by atoms with Crippen molar-refractivity contribution < 1.29 is 14.7 Å². The second kappa shape index (κ2) is 5.70. The van der Waals surface area contributed by atoms with Crippen molar-refractivity contribution >= 4 is 12.0 Å². The summed E-state index contributed by atoms with van der Waals surface area (Å²) in [7, 11) is 0. The Morgan fingerprint density at radius 3 is 2.65 bits per heavy atom. The standard InChI is InChI=1S/C12H20N2O3/c1-12(2,10(15)16)8-13-11(17)14-9-6-4-3-5-7-9/h3-4,9H,5-8H2,1-2H3,(H,15,16)(H2,13,14,17). The Labute approximate surface area is 101 Å². The van der Waals surface area contributed by atoms with E-state index in [0.29, 0.717) is 0 Å². The minimum absolute atomic E-state index is 0.122. The van der Waals surface area contributed by atoms with E-state index < -0.39 is 11.4 Å². The number of carboxylic acids is 1. The molecule has 5 nitrogen and oxygen atoms in total. The van der Waals surface area contributed by atoms with Crippen molar-refractivity contribution in [1.82, 2.24) is 10.6 Å². The Kier molecular flexibility index (Phi) is 4.54. The molecule has 1 aliphatic rings. The number of amides is 2. The van der Waals surface area contributed by atoms with Crippen molar-refractivity contribution in [1.29, 1.82) is 0 Å². The van der Waals surface area contributed by atoms with Gasteiger partial charge in [0, 0.05) is 12.6 Å².